The van der Waals surface area contributed by atoms with Crippen LogP contribution in [0.1, 0.15) is 0 Å². The molecule has 0 saturated carbocycles. The summed E-state index contributed by atoms with van der Waals surface area (Å²) in [6, 6.07) is 0. The topological polar surface area (TPSA) is 131 Å². The monoisotopic (exact) mass is 370 g/mol. The molecule has 0 unspecified atom stereocenters. The van der Waals surface area contributed by atoms with Gasteiger partial charge >= 0.3 is 45.2 Å². The van der Waals surface area contributed by atoms with Crippen molar-refractivity contribution in [2.75, 3.05) is 0 Å². The van der Waals surface area contributed by atoms with Crippen LogP contribution in [0.4, 0.5) is 0 Å². The molecule has 0 aromatic carbocycles. The number of hydrogen-bond donors (Lipinski definition) is 0. The fourth-order valence-corrected chi connectivity index (χ4v) is 0.507. The van der Waals surface area contributed by atoms with Gasteiger partial charge in [0.15, 0.2) is 0 Å². The predicted molar refractivity (Wildman–Crippen MR) is 59.8 cm³/mol. The molecule has 0 aliphatic carbocycles. The molecule has 106 valence electrons. The first-order valence-corrected chi connectivity index (χ1v) is 4.22. The summed E-state index contributed by atoms with van der Waals surface area (Å²) in [7, 11) is 0. The van der Waals surface area contributed by atoms with E-state index in [4.69, 9.17) is 18.6 Å². The minimum atomic E-state index is 0. The van der Waals surface area contributed by atoms with Crippen LogP contribution < -0.4 is 0 Å². The van der Waals surface area contributed by atoms with E-state index in [2.05, 4.69) is 46.5 Å². The van der Waals surface area contributed by atoms with E-state index in [9.17, 15) is 0 Å². The Morgan fingerprint density at radius 3 is 0.524 bits per heavy atom. The van der Waals surface area contributed by atoms with Crippen molar-refractivity contribution in [1.82, 2.24) is 19.9 Å². The Labute approximate surface area is 136 Å². The van der Waals surface area contributed by atoms with Crippen molar-refractivity contribution in [1.29, 1.82) is 0 Å². The van der Waals surface area contributed by atoms with Crippen LogP contribution in [0.2, 0.25) is 0 Å². The molecule has 0 N–H and O–H groups in total. The zero-order valence-corrected chi connectivity index (χ0v) is 12.5. The molecule has 0 atom stereocenters. The van der Waals surface area contributed by atoms with Gasteiger partial charge in [-0.25, -0.2) is 0 Å². The van der Waals surface area contributed by atoms with E-state index in [0.29, 0.717) is 0 Å². The number of nitrogens with zero attached hydrogens (tertiary/aromatic N) is 4. The molecule has 0 bridgehead atoms. The fourth-order valence-electron chi connectivity index (χ4n) is 0.507. The largest absolute Gasteiger partial charge is 0.262 e. The van der Waals surface area contributed by atoms with E-state index in [1.807, 2.05) is 0 Å². The van der Waals surface area contributed by atoms with Crippen LogP contribution in [0.3, 0.4) is 0 Å². The summed E-state index contributed by atoms with van der Waals surface area (Å²) in [5.41, 5.74) is 0. The zero-order chi connectivity index (χ0) is 16.5. The average Bonchev–Trinajstić information content (AvgIpc) is 2.65. The summed E-state index contributed by atoms with van der Waals surface area (Å²) in [5.74, 6) is 0. The molecule has 2 aromatic rings. The maximum atomic E-state index is 7.50. The minimum absolute atomic E-state index is 0. The molecule has 9 heteroatoms. The Hall–Kier alpha value is -2.19. The SMILES string of the molecule is [C-]#[O+].[C-]#[O+].[C-]#[O+].[C-]#[O+].[Mo].c1cnccn1.c1cnccn1. The summed E-state index contributed by atoms with van der Waals surface area (Å²) in [4.78, 5) is 14.9. The van der Waals surface area contributed by atoms with Crippen LogP contribution in [-0.4, -0.2) is 19.9 Å². The van der Waals surface area contributed by atoms with Crippen molar-refractivity contribution < 1.29 is 39.7 Å². The molecule has 0 saturated heterocycles. The van der Waals surface area contributed by atoms with Crippen LogP contribution in [0, 0.1) is 26.6 Å². The van der Waals surface area contributed by atoms with Crippen LogP contribution in [0.25, 0.3) is 0 Å². The Morgan fingerprint density at radius 2 is 0.476 bits per heavy atom. The summed E-state index contributed by atoms with van der Waals surface area (Å²) in [6.07, 6.45) is 13.1. The normalized spacial score (nSPS) is 4.95. The van der Waals surface area contributed by atoms with Crippen molar-refractivity contribution in [2.24, 2.45) is 0 Å². The van der Waals surface area contributed by atoms with E-state index in [-0.39, 0.29) is 21.1 Å². The van der Waals surface area contributed by atoms with Gasteiger partial charge in [0.1, 0.15) is 0 Å². The van der Waals surface area contributed by atoms with Gasteiger partial charge < -0.3 is 0 Å². The molecule has 0 aliphatic heterocycles. The van der Waals surface area contributed by atoms with Crippen LogP contribution in [-0.2, 0) is 39.7 Å². The van der Waals surface area contributed by atoms with Gasteiger partial charge in [0, 0.05) is 70.6 Å². The van der Waals surface area contributed by atoms with Crippen LogP contribution in [0.5, 0.6) is 0 Å². The van der Waals surface area contributed by atoms with Crippen LogP contribution in [0.15, 0.2) is 49.6 Å². The molecular formula is C12H8MoN4O4. The second-order valence-corrected chi connectivity index (χ2v) is 1.79. The maximum absolute atomic E-state index is 7.50. The van der Waals surface area contributed by atoms with Crippen molar-refractivity contribution in [2.45, 2.75) is 0 Å². The van der Waals surface area contributed by atoms with Gasteiger partial charge in [-0.1, -0.05) is 0 Å². The summed E-state index contributed by atoms with van der Waals surface area (Å²) >= 11 is 0. The Bertz CT molecular complexity index is 326. The third kappa shape index (κ3) is 46.3. The third-order valence-corrected chi connectivity index (χ3v) is 0.955. The van der Waals surface area contributed by atoms with E-state index in [1.54, 1.807) is 49.6 Å². The van der Waals surface area contributed by atoms with Crippen molar-refractivity contribution in [3.05, 3.63) is 76.2 Å². The summed E-state index contributed by atoms with van der Waals surface area (Å²) < 4.78 is 30.0. The molecule has 2 aromatic heterocycles. The third-order valence-electron chi connectivity index (χ3n) is 0.955. The molecule has 0 aliphatic rings. The quantitative estimate of drug-likeness (QED) is 0.387. The van der Waals surface area contributed by atoms with Gasteiger partial charge in [-0.15, -0.1) is 0 Å². The molecular weight excluding hydrogens is 360 g/mol. The molecule has 8 nitrogen and oxygen atoms in total. The Morgan fingerprint density at radius 1 is 0.381 bits per heavy atom. The minimum Gasteiger partial charge on any atom is -0.262 e. The van der Waals surface area contributed by atoms with Gasteiger partial charge in [-0.05, 0) is 0 Å². The molecule has 2 rings (SSSR count). The second-order valence-electron chi connectivity index (χ2n) is 1.79. The zero-order valence-electron chi connectivity index (χ0n) is 10.4. The van der Waals surface area contributed by atoms with Gasteiger partial charge in [-0.2, -0.15) is 0 Å². The fraction of sp³-hybridized carbons (Fsp3) is 0. The van der Waals surface area contributed by atoms with Crippen LogP contribution >= 0.6 is 0 Å². The van der Waals surface area contributed by atoms with E-state index >= 15 is 0 Å². The molecule has 0 radical (unpaired) electrons. The number of rotatable bonds is 0. The van der Waals surface area contributed by atoms with E-state index in [0.717, 1.165) is 0 Å². The van der Waals surface area contributed by atoms with Crippen molar-refractivity contribution >= 4 is 0 Å². The number of hydrogen-bond acceptors (Lipinski definition) is 4. The Kier molecular flexibility index (Phi) is 77.9. The average molecular weight is 368 g/mol. The smallest absolute Gasteiger partial charge is 0.0451 e. The van der Waals surface area contributed by atoms with Crippen molar-refractivity contribution in [3.8, 4) is 0 Å². The predicted octanol–water partition coefficient (Wildman–Crippen LogP) is 0.801. The van der Waals surface area contributed by atoms with Crippen molar-refractivity contribution in [3.63, 3.8) is 0 Å². The molecule has 2 heterocycles. The van der Waals surface area contributed by atoms with Gasteiger partial charge in [0.2, 0.25) is 0 Å². The van der Waals surface area contributed by atoms with E-state index in [1.165, 1.54) is 0 Å². The van der Waals surface area contributed by atoms with Gasteiger partial charge in [0.05, 0.1) is 0 Å². The molecule has 0 spiro atoms. The van der Waals surface area contributed by atoms with Gasteiger partial charge in [0.25, 0.3) is 0 Å². The van der Waals surface area contributed by atoms with E-state index < -0.39 is 0 Å². The molecule has 21 heavy (non-hydrogen) atoms. The standard InChI is InChI=1S/2C4H4N2.4CO.Mo/c2*1-2-6-4-3-5-1;4*1-2;/h2*1-4H;;;;;. The second kappa shape index (κ2) is 52.3. The maximum Gasteiger partial charge on any atom is 0.0451 e. The first-order valence-electron chi connectivity index (χ1n) is 4.22. The first-order chi connectivity index (χ1) is 10.0. The Balaban J connectivity index is -0.0000000539. The molecule has 0 amide bonds. The summed E-state index contributed by atoms with van der Waals surface area (Å²) in [5, 5.41) is 0. The summed E-state index contributed by atoms with van der Waals surface area (Å²) in [6.45, 7) is 18.0. The molecule has 0 fully saturated rings. The first kappa shape index (κ1) is 31.3. The number of aromatic nitrogens is 4. The van der Waals surface area contributed by atoms with Gasteiger partial charge in [-0.3, -0.25) is 19.9 Å².